The van der Waals surface area contributed by atoms with Crippen LogP contribution in [0.4, 0.5) is 0 Å². The van der Waals surface area contributed by atoms with E-state index >= 15 is 0 Å². The molecule has 2 rings (SSSR count). The quantitative estimate of drug-likeness (QED) is 0.676. The van der Waals surface area contributed by atoms with Crippen LogP contribution in [0.15, 0.2) is 30.3 Å². The molecule has 1 aromatic carbocycles. The fourth-order valence-electron chi connectivity index (χ4n) is 2.19. The molecule has 6 heteroatoms. The lowest BCUT2D eigenvalue weighted by Gasteiger charge is -2.33. The Labute approximate surface area is 128 Å². The number of carbonyl (C=O) groups excluding carboxylic acids is 2. The van der Waals surface area contributed by atoms with Crippen LogP contribution < -0.4 is 5.32 Å². The second kappa shape index (κ2) is 7.24. The maximum absolute atomic E-state index is 12.3. The number of esters is 1. The molecule has 0 bridgehead atoms. The summed E-state index contributed by atoms with van der Waals surface area (Å²) < 4.78 is 4.73. The van der Waals surface area contributed by atoms with E-state index in [0.717, 1.165) is 5.56 Å². The smallest absolute Gasteiger partial charge is 0.329 e. The highest BCUT2D eigenvalue weighted by molar-refractivity contribution is 6.30. The molecule has 1 saturated heterocycles. The van der Waals surface area contributed by atoms with Crippen molar-refractivity contribution in [3.8, 4) is 0 Å². The molecular weight excluding hydrogens is 292 g/mol. The summed E-state index contributed by atoms with van der Waals surface area (Å²) >= 11 is 5.89. The molecule has 21 heavy (non-hydrogen) atoms. The normalized spacial score (nSPS) is 18.8. The summed E-state index contributed by atoms with van der Waals surface area (Å²) in [5.41, 5.74) is 0.834. The molecule has 1 heterocycles. The molecule has 1 atom stereocenters. The number of methoxy groups -OCH3 is 1. The number of halogens is 1. The first kappa shape index (κ1) is 15.5. The van der Waals surface area contributed by atoms with Crippen molar-refractivity contribution in [2.75, 3.05) is 26.7 Å². The number of amides is 1. The molecule has 1 amide bonds. The monoisotopic (exact) mass is 308 g/mol. The standard InChI is InChI=1S/C15H17ClN2O3/c1-21-15(20)13-10-17-7-8-18(13)14(19)6-5-11-3-2-4-12(16)9-11/h2-6,9,13,17H,7-8,10H2,1H3. The van der Waals surface area contributed by atoms with Crippen molar-refractivity contribution in [2.24, 2.45) is 0 Å². The predicted molar refractivity (Wildman–Crippen MR) is 80.9 cm³/mol. The minimum absolute atomic E-state index is 0.216. The zero-order chi connectivity index (χ0) is 15.2. The van der Waals surface area contributed by atoms with E-state index in [-0.39, 0.29) is 5.91 Å². The van der Waals surface area contributed by atoms with Crippen molar-refractivity contribution < 1.29 is 14.3 Å². The highest BCUT2D eigenvalue weighted by atomic mass is 35.5. The van der Waals surface area contributed by atoms with Gasteiger partial charge < -0.3 is 15.0 Å². The first-order chi connectivity index (χ1) is 10.1. The molecule has 0 radical (unpaired) electrons. The third kappa shape index (κ3) is 4.06. The molecule has 5 nitrogen and oxygen atoms in total. The Bertz CT molecular complexity index is 560. The number of ether oxygens (including phenoxy) is 1. The molecule has 1 aliphatic rings. The van der Waals surface area contributed by atoms with Gasteiger partial charge in [-0.1, -0.05) is 23.7 Å². The van der Waals surface area contributed by atoms with E-state index in [1.54, 1.807) is 18.2 Å². The van der Waals surface area contributed by atoms with Gasteiger partial charge in [0.15, 0.2) is 0 Å². The number of hydrogen-bond acceptors (Lipinski definition) is 4. The van der Waals surface area contributed by atoms with Crippen LogP contribution in [0.25, 0.3) is 6.08 Å². The first-order valence-electron chi connectivity index (χ1n) is 6.64. The van der Waals surface area contributed by atoms with Crippen molar-refractivity contribution in [1.82, 2.24) is 10.2 Å². The number of piperazine rings is 1. The Kier molecular flexibility index (Phi) is 5.36. The Morgan fingerprint density at radius 3 is 3.00 bits per heavy atom. The number of benzene rings is 1. The van der Waals surface area contributed by atoms with Crippen molar-refractivity contribution in [1.29, 1.82) is 0 Å². The molecule has 1 N–H and O–H groups in total. The third-order valence-corrected chi connectivity index (χ3v) is 3.50. The summed E-state index contributed by atoms with van der Waals surface area (Å²) in [7, 11) is 1.32. The SMILES string of the molecule is COC(=O)C1CNCCN1C(=O)C=Cc1cccc(Cl)c1. The van der Waals surface area contributed by atoms with Crippen LogP contribution in [0.2, 0.25) is 5.02 Å². The van der Waals surface area contributed by atoms with E-state index in [1.165, 1.54) is 18.1 Å². The largest absolute Gasteiger partial charge is 0.467 e. The average molecular weight is 309 g/mol. The number of nitrogens with zero attached hydrogens (tertiary/aromatic N) is 1. The van der Waals surface area contributed by atoms with Crippen molar-refractivity contribution in [2.45, 2.75) is 6.04 Å². The Morgan fingerprint density at radius 2 is 2.29 bits per heavy atom. The van der Waals surface area contributed by atoms with Crippen LogP contribution in [0, 0.1) is 0 Å². The van der Waals surface area contributed by atoms with E-state index in [2.05, 4.69) is 5.32 Å². The van der Waals surface area contributed by atoms with Gasteiger partial charge in [0.25, 0.3) is 0 Å². The van der Waals surface area contributed by atoms with E-state index in [9.17, 15) is 9.59 Å². The molecular formula is C15H17ClN2O3. The van der Waals surface area contributed by atoms with Crippen LogP contribution in [0.5, 0.6) is 0 Å². The van der Waals surface area contributed by atoms with Gasteiger partial charge >= 0.3 is 5.97 Å². The topological polar surface area (TPSA) is 58.6 Å². The Morgan fingerprint density at radius 1 is 1.48 bits per heavy atom. The molecule has 0 aromatic heterocycles. The molecule has 1 unspecified atom stereocenters. The molecule has 1 aromatic rings. The summed E-state index contributed by atoms with van der Waals surface area (Å²) in [6.45, 7) is 1.53. The van der Waals surface area contributed by atoms with Crippen LogP contribution >= 0.6 is 11.6 Å². The highest BCUT2D eigenvalue weighted by Gasteiger charge is 2.31. The fraction of sp³-hybridized carbons (Fsp3) is 0.333. The minimum Gasteiger partial charge on any atom is -0.467 e. The second-order valence-electron chi connectivity index (χ2n) is 4.66. The lowest BCUT2D eigenvalue weighted by Crippen LogP contribution is -2.56. The predicted octanol–water partition coefficient (Wildman–Crippen LogP) is 1.33. The van der Waals surface area contributed by atoms with E-state index in [0.29, 0.717) is 24.7 Å². The van der Waals surface area contributed by atoms with Gasteiger partial charge in [0.2, 0.25) is 5.91 Å². The average Bonchev–Trinajstić information content (AvgIpc) is 2.52. The van der Waals surface area contributed by atoms with Crippen molar-refractivity contribution in [3.63, 3.8) is 0 Å². The molecule has 0 aliphatic carbocycles. The van der Waals surface area contributed by atoms with Gasteiger partial charge in [0.05, 0.1) is 7.11 Å². The Hall–Kier alpha value is -1.85. The third-order valence-electron chi connectivity index (χ3n) is 3.27. The first-order valence-corrected chi connectivity index (χ1v) is 7.02. The molecule has 0 saturated carbocycles. The highest BCUT2D eigenvalue weighted by Crippen LogP contribution is 2.13. The number of rotatable bonds is 3. The fourth-order valence-corrected chi connectivity index (χ4v) is 2.39. The summed E-state index contributed by atoms with van der Waals surface area (Å²) in [4.78, 5) is 25.5. The summed E-state index contributed by atoms with van der Waals surface area (Å²) in [5.74, 6) is -0.626. The summed E-state index contributed by atoms with van der Waals surface area (Å²) in [6, 6.07) is 6.62. The lowest BCUT2D eigenvalue weighted by molar-refractivity contribution is -0.152. The minimum atomic E-state index is -0.583. The van der Waals surface area contributed by atoms with Crippen LogP contribution in [0.1, 0.15) is 5.56 Å². The second-order valence-corrected chi connectivity index (χ2v) is 5.10. The number of hydrogen-bond donors (Lipinski definition) is 1. The molecule has 112 valence electrons. The van der Waals surface area contributed by atoms with Crippen LogP contribution in [0.3, 0.4) is 0 Å². The molecule has 1 fully saturated rings. The van der Waals surface area contributed by atoms with Gasteiger partial charge in [-0.15, -0.1) is 0 Å². The molecule has 1 aliphatic heterocycles. The maximum atomic E-state index is 12.3. The number of carbonyl (C=O) groups is 2. The lowest BCUT2D eigenvalue weighted by atomic mass is 10.1. The van der Waals surface area contributed by atoms with E-state index < -0.39 is 12.0 Å². The molecule has 0 spiro atoms. The summed E-state index contributed by atoms with van der Waals surface area (Å²) in [5, 5.41) is 3.69. The zero-order valence-electron chi connectivity index (χ0n) is 11.7. The van der Waals surface area contributed by atoms with Gasteiger partial charge in [-0.05, 0) is 23.8 Å². The van der Waals surface area contributed by atoms with Crippen molar-refractivity contribution in [3.05, 3.63) is 40.9 Å². The maximum Gasteiger partial charge on any atom is 0.329 e. The van der Waals surface area contributed by atoms with Crippen LogP contribution in [-0.4, -0.2) is 49.6 Å². The number of nitrogens with one attached hydrogen (secondary N) is 1. The van der Waals surface area contributed by atoms with Gasteiger partial charge in [-0.25, -0.2) is 4.79 Å². The summed E-state index contributed by atoms with van der Waals surface area (Å²) in [6.07, 6.45) is 3.14. The van der Waals surface area contributed by atoms with Gasteiger partial charge in [0, 0.05) is 30.7 Å². The van der Waals surface area contributed by atoms with Gasteiger partial charge in [-0.2, -0.15) is 0 Å². The van der Waals surface area contributed by atoms with Crippen molar-refractivity contribution >= 4 is 29.6 Å². The Balaban J connectivity index is 2.08. The van der Waals surface area contributed by atoms with Gasteiger partial charge in [-0.3, -0.25) is 4.79 Å². The van der Waals surface area contributed by atoms with Gasteiger partial charge in [0.1, 0.15) is 6.04 Å². The van der Waals surface area contributed by atoms with E-state index in [4.69, 9.17) is 16.3 Å². The van der Waals surface area contributed by atoms with Crippen LogP contribution in [-0.2, 0) is 14.3 Å². The zero-order valence-corrected chi connectivity index (χ0v) is 12.5. The van der Waals surface area contributed by atoms with E-state index in [1.807, 2.05) is 12.1 Å².